The van der Waals surface area contributed by atoms with E-state index in [0.717, 1.165) is 29.6 Å². The standard InChI is InChI=1S/C27H26N6O4/c1-15-12-17(14-22-23(15)31(2)27(36)37-22)24(34)16-5-6-19(28)21(13-16)32-10-7-18(8-11-32)33-20-4-3-9-29-25(20)30-26(33)35/h3-6,9,12-14,18H,7-8,10-11,28H2,1-2H3,(H,29,30,35). The van der Waals surface area contributed by atoms with Crippen molar-refractivity contribution in [2.45, 2.75) is 25.8 Å². The van der Waals surface area contributed by atoms with Crippen LogP contribution in [0.4, 0.5) is 11.4 Å². The SMILES string of the molecule is Cc1cc(C(=O)c2ccc(N)c(N3CCC(n4c(=O)[nH]c5ncccc54)CC3)c2)cc2oc(=O)n(C)c12. The minimum absolute atomic E-state index is 0.0444. The van der Waals surface area contributed by atoms with Crippen molar-refractivity contribution >= 4 is 39.4 Å². The first-order valence-electron chi connectivity index (χ1n) is 12.2. The van der Waals surface area contributed by atoms with Crippen molar-refractivity contribution in [3.05, 3.63) is 86.4 Å². The van der Waals surface area contributed by atoms with Gasteiger partial charge in [-0.2, -0.15) is 0 Å². The highest BCUT2D eigenvalue weighted by molar-refractivity contribution is 6.11. The summed E-state index contributed by atoms with van der Waals surface area (Å²) in [6, 6.07) is 12.4. The van der Waals surface area contributed by atoms with E-state index in [2.05, 4.69) is 14.9 Å². The molecular weight excluding hydrogens is 472 g/mol. The molecule has 0 amide bonds. The molecule has 5 aromatic rings. The molecule has 37 heavy (non-hydrogen) atoms. The molecule has 3 aromatic heterocycles. The molecule has 188 valence electrons. The molecule has 1 aliphatic rings. The zero-order chi connectivity index (χ0) is 25.8. The normalized spacial score (nSPS) is 14.6. The Labute approximate surface area is 210 Å². The van der Waals surface area contributed by atoms with Crippen LogP contribution in [0.5, 0.6) is 0 Å². The van der Waals surface area contributed by atoms with Crippen LogP contribution < -0.4 is 22.1 Å². The number of anilines is 2. The maximum atomic E-state index is 13.4. The molecule has 10 heteroatoms. The Bertz CT molecular complexity index is 1800. The summed E-state index contributed by atoms with van der Waals surface area (Å²) in [5.41, 5.74) is 11.7. The van der Waals surface area contributed by atoms with E-state index in [0.29, 0.717) is 46.7 Å². The molecule has 10 nitrogen and oxygen atoms in total. The Morgan fingerprint density at radius 2 is 1.89 bits per heavy atom. The number of nitrogen functional groups attached to an aromatic ring is 1. The lowest BCUT2D eigenvalue weighted by Gasteiger charge is -2.34. The maximum absolute atomic E-state index is 13.4. The number of nitrogens with zero attached hydrogens (tertiary/aromatic N) is 4. The maximum Gasteiger partial charge on any atom is 0.419 e. The quantitative estimate of drug-likeness (QED) is 0.287. The Kier molecular flexibility index (Phi) is 5.25. The number of nitrogens with one attached hydrogen (secondary N) is 1. The van der Waals surface area contributed by atoms with Gasteiger partial charge in [0.15, 0.2) is 17.0 Å². The smallest absolute Gasteiger partial charge is 0.408 e. The molecule has 3 N–H and O–H groups in total. The highest BCUT2D eigenvalue weighted by atomic mass is 16.4. The van der Waals surface area contributed by atoms with Crippen molar-refractivity contribution in [2.24, 2.45) is 7.05 Å². The number of pyridine rings is 1. The van der Waals surface area contributed by atoms with Crippen LogP contribution in [0.25, 0.3) is 22.3 Å². The second-order valence-electron chi connectivity index (χ2n) is 9.56. The van der Waals surface area contributed by atoms with E-state index >= 15 is 0 Å². The fourth-order valence-corrected chi connectivity index (χ4v) is 5.45. The Morgan fingerprint density at radius 3 is 2.68 bits per heavy atom. The van der Waals surface area contributed by atoms with Gasteiger partial charge >= 0.3 is 11.4 Å². The van der Waals surface area contributed by atoms with E-state index in [4.69, 9.17) is 10.2 Å². The number of rotatable bonds is 4. The van der Waals surface area contributed by atoms with Gasteiger partial charge in [-0.05, 0) is 67.8 Å². The van der Waals surface area contributed by atoms with Crippen molar-refractivity contribution in [1.82, 2.24) is 19.1 Å². The van der Waals surface area contributed by atoms with Crippen LogP contribution in [0.2, 0.25) is 0 Å². The lowest BCUT2D eigenvalue weighted by Crippen LogP contribution is -2.37. The fraction of sp³-hybridized carbons (Fsp3) is 0.259. The van der Waals surface area contributed by atoms with Crippen LogP contribution in [0, 0.1) is 6.92 Å². The topological polar surface area (TPSA) is 132 Å². The summed E-state index contributed by atoms with van der Waals surface area (Å²) in [5.74, 6) is -0.641. The number of imidazole rings is 1. The van der Waals surface area contributed by atoms with Gasteiger partial charge in [0.05, 0.1) is 22.4 Å². The van der Waals surface area contributed by atoms with E-state index in [-0.39, 0.29) is 17.5 Å². The van der Waals surface area contributed by atoms with Gasteiger partial charge in [-0.1, -0.05) is 0 Å². The molecule has 0 aliphatic carbocycles. The van der Waals surface area contributed by atoms with Gasteiger partial charge in [0.2, 0.25) is 0 Å². The number of aryl methyl sites for hydroxylation is 2. The number of carbonyl (C=O) groups excluding carboxylic acids is 1. The van der Waals surface area contributed by atoms with Crippen molar-refractivity contribution in [3.8, 4) is 0 Å². The van der Waals surface area contributed by atoms with Crippen LogP contribution in [0.15, 0.2) is 62.7 Å². The third kappa shape index (κ3) is 3.72. The lowest BCUT2D eigenvalue weighted by molar-refractivity contribution is 0.103. The van der Waals surface area contributed by atoms with Crippen LogP contribution >= 0.6 is 0 Å². The molecule has 6 rings (SSSR count). The lowest BCUT2D eigenvalue weighted by atomic mass is 9.98. The van der Waals surface area contributed by atoms with Crippen LogP contribution in [-0.2, 0) is 7.05 Å². The molecule has 0 unspecified atom stereocenters. The van der Waals surface area contributed by atoms with Gasteiger partial charge in [0.1, 0.15) is 0 Å². The average molecular weight is 499 g/mol. The number of nitrogens with two attached hydrogens (primary N) is 1. The Balaban J connectivity index is 1.26. The zero-order valence-corrected chi connectivity index (χ0v) is 20.5. The molecule has 0 saturated carbocycles. The van der Waals surface area contributed by atoms with Gasteiger partial charge in [-0.25, -0.2) is 14.6 Å². The summed E-state index contributed by atoms with van der Waals surface area (Å²) in [7, 11) is 1.64. The minimum Gasteiger partial charge on any atom is -0.408 e. The first kappa shape index (κ1) is 22.8. The number of fused-ring (bicyclic) bond motifs is 2. The van der Waals surface area contributed by atoms with Crippen molar-refractivity contribution in [3.63, 3.8) is 0 Å². The predicted molar refractivity (Wildman–Crippen MR) is 141 cm³/mol. The summed E-state index contributed by atoms with van der Waals surface area (Å²) in [5, 5.41) is 0. The third-order valence-electron chi connectivity index (χ3n) is 7.29. The minimum atomic E-state index is -0.466. The van der Waals surface area contributed by atoms with E-state index in [9.17, 15) is 14.4 Å². The summed E-state index contributed by atoms with van der Waals surface area (Å²) in [6.45, 7) is 3.22. The molecule has 1 aliphatic heterocycles. The molecule has 1 fully saturated rings. The monoisotopic (exact) mass is 498 g/mol. The second kappa shape index (κ2) is 8.51. The van der Waals surface area contributed by atoms with Gasteiger partial charge in [0.25, 0.3) is 0 Å². The van der Waals surface area contributed by atoms with Crippen LogP contribution in [-0.4, -0.2) is 38.0 Å². The summed E-state index contributed by atoms with van der Waals surface area (Å²) >= 11 is 0. The number of ketones is 1. The number of piperidine rings is 1. The Hall–Kier alpha value is -4.60. The van der Waals surface area contributed by atoms with Gasteiger partial charge in [0, 0.05) is 43.5 Å². The molecule has 2 aromatic carbocycles. The van der Waals surface area contributed by atoms with Gasteiger partial charge in [-0.15, -0.1) is 0 Å². The number of benzene rings is 2. The van der Waals surface area contributed by atoms with Gasteiger partial charge < -0.3 is 15.1 Å². The third-order valence-corrected chi connectivity index (χ3v) is 7.29. The number of hydrogen-bond donors (Lipinski definition) is 2. The number of H-pyrrole nitrogens is 1. The number of hydrogen-bond acceptors (Lipinski definition) is 7. The molecule has 1 saturated heterocycles. The Morgan fingerprint density at radius 1 is 1.11 bits per heavy atom. The number of carbonyl (C=O) groups is 1. The number of oxazole rings is 1. The predicted octanol–water partition coefficient (Wildman–Crippen LogP) is 3.13. The molecular formula is C27H26N6O4. The summed E-state index contributed by atoms with van der Waals surface area (Å²) in [6.07, 6.45) is 3.17. The molecule has 4 heterocycles. The molecule has 0 bridgehead atoms. The molecule has 0 radical (unpaired) electrons. The summed E-state index contributed by atoms with van der Waals surface area (Å²) in [4.78, 5) is 47.2. The molecule has 0 spiro atoms. The first-order chi connectivity index (χ1) is 17.8. The van der Waals surface area contributed by atoms with Gasteiger partial charge in [-0.3, -0.25) is 18.9 Å². The number of aromatic amines is 1. The molecule has 0 atom stereocenters. The zero-order valence-electron chi connectivity index (χ0n) is 20.5. The van der Waals surface area contributed by atoms with E-state index < -0.39 is 5.76 Å². The van der Waals surface area contributed by atoms with Crippen molar-refractivity contribution in [1.29, 1.82) is 0 Å². The highest BCUT2D eigenvalue weighted by Gasteiger charge is 2.26. The van der Waals surface area contributed by atoms with Crippen molar-refractivity contribution in [2.75, 3.05) is 23.7 Å². The van der Waals surface area contributed by atoms with Crippen molar-refractivity contribution < 1.29 is 9.21 Å². The van der Waals surface area contributed by atoms with Crippen LogP contribution in [0.3, 0.4) is 0 Å². The first-order valence-corrected chi connectivity index (χ1v) is 12.2. The second-order valence-corrected chi connectivity index (χ2v) is 9.56. The fourth-order valence-electron chi connectivity index (χ4n) is 5.45. The number of aromatic nitrogens is 4. The largest absolute Gasteiger partial charge is 0.419 e. The van der Waals surface area contributed by atoms with E-state index in [1.165, 1.54) is 4.57 Å². The van der Waals surface area contributed by atoms with E-state index in [1.807, 2.05) is 25.1 Å². The van der Waals surface area contributed by atoms with E-state index in [1.54, 1.807) is 42.1 Å². The average Bonchev–Trinajstić information content (AvgIpc) is 3.38. The highest BCUT2D eigenvalue weighted by Crippen LogP contribution is 2.32. The summed E-state index contributed by atoms with van der Waals surface area (Å²) < 4.78 is 8.55. The van der Waals surface area contributed by atoms with Crippen LogP contribution in [0.1, 0.15) is 40.4 Å².